The van der Waals surface area contributed by atoms with Crippen LogP contribution in [-0.4, -0.2) is 56.2 Å². The van der Waals surface area contributed by atoms with Crippen LogP contribution in [0.2, 0.25) is 0 Å². The van der Waals surface area contributed by atoms with Gasteiger partial charge < -0.3 is 10.2 Å². The summed E-state index contributed by atoms with van der Waals surface area (Å²) >= 11 is 1.97. The lowest BCUT2D eigenvalue weighted by Crippen LogP contribution is -2.39. The predicted molar refractivity (Wildman–Crippen MR) is 104 cm³/mol. The number of aromatic nitrogens is 3. The molecule has 0 spiro atoms. The summed E-state index contributed by atoms with van der Waals surface area (Å²) < 4.78 is 1.99. The van der Waals surface area contributed by atoms with Gasteiger partial charge in [0.15, 0.2) is 0 Å². The molecule has 1 N–H and O–H groups in total. The van der Waals surface area contributed by atoms with E-state index in [0.29, 0.717) is 17.5 Å². The number of carbonyl (C=O) groups excluding carboxylic acids is 1. The fraction of sp³-hybridized carbons (Fsp3) is 0.526. The number of anilines is 1. The van der Waals surface area contributed by atoms with Gasteiger partial charge in [0.1, 0.15) is 5.82 Å². The highest BCUT2D eigenvalue weighted by Gasteiger charge is 2.24. The Morgan fingerprint density at radius 3 is 2.81 bits per heavy atom. The fourth-order valence-corrected chi connectivity index (χ4v) is 4.79. The van der Waals surface area contributed by atoms with Crippen LogP contribution in [0.15, 0.2) is 36.8 Å². The lowest BCUT2D eigenvalue weighted by molar-refractivity contribution is 0.0681. The Morgan fingerprint density at radius 1 is 1.27 bits per heavy atom. The molecule has 0 aromatic carbocycles. The molecule has 2 aromatic heterocycles. The number of hydrogen-bond acceptors (Lipinski definition) is 5. The molecular weight excluding hydrogens is 346 g/mol. The molecule has 2 saturated heterocycles. The first-order valence-electron chi connectivity index (χ1n) is 9.35. The van der Waals surface area contributed by atoms with Crippen molar-refractivity contribution >= 4 is 23.5 Å². The minimum absolute atomic E-state index is 0.0954. The molecule has 0 bridgehead atoms. The van der Waals surface area contributed by atoms with E-state index in [1.54, 1.807) is 6.20 Å². The largest absolute Gasteiger partial charge is 0.366 e. The number of hydrogen-bond donors (Lipinski definition) is 1. The number of thioether (sulfide) groups is 1. The van der Waals surface area contributed by atoms with Crippen LogP contribution in [0.3, 0.4) is 0 Å². The van der Waals surface area contributed by atoms with Crippen molar-refractivity contribution < 1.29 is 4.79 Å². The zero-order valence-corrected chi connectivity index (χ0v) is 15.7. The molecule has 4 heterocycles. The van der Waals surface area contributed by atoms with Gasteiger partial charge in [-0.25, -0.2) is 4.98 Å². The molecule has 6 nitrogen and oxygen atoms in total. The molecule has 7 heteroatoms. The van der Waals surface area contributed by atoms with E-state index in [9.17, 15) is 4.79 Å². The van der Waals surface area contributed by atoms with E-state index in [-0.39, 0.29) is 5.91 Å². The van der Waals surface area contributed by atoms with E-state index in [2.05, 4.69) is 15.4 Å². The van der Waals surface area contributed by atoms with Gasteiger partial charge >= 0.3 is 0 Å². The van der Waals surface area contributed by atoms with Crippen molar-refractivity contribution in [3.63, 3.8) is 0 Å². The smallest absolute Gasteiger partial charge is 0.255 e. The molecule has 0 unspecified atom stereocenters. The van der Waals surface area contributed by atoms with Gasteiger partial charge in [0, 0.05) is 50.0 Å². The van der Waals surface area contributed by atoms with Crippen LogP contribution in [0.4, 0.5) is 5.82 Å². The summed E-state index contributed by atoms with van der Waals surface area (Å²) in [5.41, 5.74) is 0.682. The van der Waals surface area contributed by atoms with Crippen molar-refractivity contribution in [1.29, 1.82) is 0 Å². The lowest BCUT2D eigenvalue weighted by Gasteiger charge is -2.32. The van der Waals surface area contributed by atoms with Gasteiger partial charge in [-0.05, 0) is 49.1 Å². The predicted octanol–water partition coefficient (Wildman–Crippen LogP) is 2.75. The highest BCUT2D eigenvalue weighted by molar-refractivity contribution is 7.99. The molecule has 0 radical (unpaired) electrons. The molecule has 4 rings (SSSR count). The van der Waals surface area contributed by atoms with E-state index < -0.39 is 0 Å². The van der Waals surface area contributed by atoms with E-state index in [4.69, 9.17) is 0 Å². The first-order chi connectivity index (χ1) is 12.8. The van der Waals surface area contributed by atoms with Crippen molar-refractivity contribution in [3.8, 4) is 0 Å². The third kappa shape index (κ3) is 4.20. The Kier molecular flexibility index (Phi) is 5.43. The van der Waals surface area contributed by atoms with Crippen LogP contribution in [0.1, 0.15) is 29.6 Å². The molecule has 2 aliphatic rings. The molecular formula is C19H25N5OS. The summed E-state index contributed by atoms with van der Waals surface area (Å²) in [5.74, 6) is 3.90. The summed E-state index contributed by atoms with van der Waals surface area (Å²) in [6, 6.07) is 6.29. The van der Waals surface area contributed by atoms with Crippen molar-refractivity contribution in [2.75, 3.05) is 29.9 Å². The van der Waals surface area contributed by atoms with Crippen LogP contribution >= 0.6 is 11.8 Å². The minimum atomic E-state index is 0.0954. The third-order valence-corrected chi connectivity index (χ3v) is 6.36. The quantitative estimate of drug-likeness (QED) is 0.876. The van der Waals surface area contributed by atoms with Crippen molar-refractivity contribution in [2.24, 2.45) is 5.92 Å². The second kappa shape index (κ2) is 8.12. The third-order valence-electron chi connectivity index (χ3n) is 5.20. The fourth-order valence-electron chi connectivity index (χ4n) is 3.64. The molecule has 2 aromatic rings. The summed E-state index contributed by atoms with van der Waals surface area (Å²) in [5, 5.41) is 7.73. The maximum atomic E-state index is 12.7. The number of piperidine rings is 1. The summed E-state index contributed by atoms with van der Waals surface area (Å²) in [6.07, 6.45) is 8.76. The standard InChI is InChI=1S/C19H25N5OS/c25-19(16-2-3-18(20-12-16)22-17-6-11-26-14-17)23-9-4-15(5-10-23)13-24-8-1-7-21-24/h1-3,7-8,12,15,17H,4-6,9-11,13-14H2,(H,20,22)/t17-/m1/s1. The summed E-state index contributed by atoms with van der Waals surface area (Å²) in [4.78, 5) is 19.1. The van der Waals surface area contributed by atoms with Crippen LogP contribution in [0.25, 0.3) is 0 Å². The molecule has 1 amide bonds. The molecule has 2 aliphatic heterocycles. The second-order valence-electron chi connectivity index (χ2n) is 7.10. The summed E-state index contributed by atoms with van der Waals surface area (Å²) in [7, 11) is 0. The monoisotopic (exact) mass is 371 g/mol. The maximum absolute atomic E-state index is 12.7. The Morgan fingerprint density at radius 2 is 2.15 bits per heavy atom. The lowest BCUT2D eigenvalue weighted by atomic mass is 9.96. The summed E-state index contributed by atoms with van der Waals surface area (Å²) in [6.45, 7) is 2.56. The van der Waals surface area contributed by atoms with Gasteiger partial charge in [0.05, 0.1) is 5.56 Å². The van der Waals surface area contributed by atoms with Crippen LogP contribution in [-0.2, 0) is 6.54 Å². The molecule has 0 saturated carbocycles. The molecule has 26 heavy (non-hydrogen) atoms. The number of amides is 1. The van der Waals surface area contributed by atoms with E-state index in [1.807, 2.05) is 51.9 Å². The van der Waals surface area contributed by atoms with Crippen molar-refractivity contribution in [2.45, 2.75) is 31.8 Å². The van der Waals surface area contributed by atoms with Gasteiger partial charge in [0.25, 0.3) is 5.91 Å². The van der Waals surface area contributed by atoms with Crippen LogP contribution in [0.5, 0.6) is 0 Å². The highest BCUT2D eigenvalue weighted by Crippen LogP contribution is 2.22. The normalized spacial score (nSPS) is 21.1. The second-order valence-corrected chi connectivity index (χ2v) is 8.25. The molecule has 138 valence electrons. The number of carbonyl (C=O) groups is 1. The van der Waals surface area contributed by atoms with Crippen LogP contribution in [0, 0.1) is 5.92 Å². The van der Waals surface area contributed by atoms with Crippen LogP contribution < -0.4 is 5.32 Å². The zero-order valence-electron chi connectivity index (χ0n) is 14.9. The molecule has 2 fully saturated rings. The van der Waals surface area contributed by atoms with E-state index in [1.165, 1.54) is 12.2 Å². The Labute approximate surface area is 158 Å². The number of rotatable bonds is 5. The maximum Gasteiger partial charge on any atom is 0.255 e. The molecule has 1 atom stereocenters. The first-order valence-corrected chi connectivity index (χ1v) is 10.5. The van der Waals surface area contributed by atoms with E-state index in [0.717, 1.165) is 44.0 Å². The van der Waals surface area contributed by atoms with Gasteiger partial charge in [-0.2, -0.15) is 16.9 Å². The number of nitrogens with one attached hydrogen (secondary N) is 1. The highest BCUT2D eigenvalue weighted by atomic mass is 32.2. The number of pyridine rings is 1. The van der Waals surface area contributed by atoms with Gasteiger partial charge in [0.2, 0.25) is 0 Å². The Balaban J connectivity index is 1.29. The van der Waals surface area contributed by atoms with Gasteiger partial charge in [-0.3, -0.25) is 9.48 Å². The number of nitrogens with zero attached hydrogens (tertiary/aromatic N) is 4. The van der Waals surface area contributed by atoms with Crippen molar-refractivity contribution in [3.05, 3.63) is 42.4 Å². The van der Waals surface area contributed by atoms with Gasteiger partial charge in [-0.1, -0.05) is 0 Å². The average Bonchev–Trinajstić information content (AvgIpc) is 3.37. The van der Waals surface area contributed by atoms with Gasteiger partial charge in [-0.15, -0.1) is 0 Å². The number of likely N-dealkylation sites (tertiary alicyclic amines) is 1. The SMILES string of the molecule is O=C(c1ccc(N[C@@H]2CCSC2)nc1)N1CCC(Cn2cccn2)CC1. The zero-order chi connectivity index (χ0) is 17.8. The average molecular weight is 372 g/mol. The first kappa shape index (κ1) is 17.4. The van der Waals surface area contributed by atoms with E-state index >= 15 is 0 Å². The minimum Gasteiger partial charge on any atom is -0.366 e. The topological polar surface area (TPSA) is 63.1 Å². The Bertz CT molecular complexity index is 704. The van der Waals surface area contributed by atoms with Crippen molar-refractivity contribution in [1.82, 2.24) is 19.7 Å². The Hall–Kier alpha value is -2.02. The molecule has 0 aliphatic carbocycles.